The molecule has 2 rings (SSSR count). The molecule has 0 saturated heterocycles. The summed E-state index contributed by atoms with van der Waals surface area (Å²) in [5.74, 6) is 0.152. The summed E-state index contributed by atoms with van der Waals surface area (Å²) in [7, 11) is -2.61. The highest BCUT2D eigenvalue weighted by Crippen LogP contribution is 2.30. The molecule has 0 amide bonds. The number of nitrogens with zero attached hydrogens (tertiary/aromatic N) is 1. The molecule has 1 unspecified atom stereocenters. The number of hydrogen-bond donors (Lipinski definition) is 2. The van der Waals surface area contributed by atoms with Crippen LogP contribution in [-0.4, -0.2) is 33.0 Å². The van der Waals surface area contributed by atoms with E-state index < -0.39 is 14.9 Å². The summed E-state index contributed by atoms with van der Waals surface area (Å²) in [4.78, 5) is 10.1. The summed E-state index contributed by atoms with van der Waals surface area (Å²) >= 11 is 0. The molecule has 1 saturated carbocycles. The number of nitro benzene ring substituents is 1. The number of nitrogens with two attached hydrogens (primary N) is 1. The first-order valence-electron chi connectivity index (χ1n) is 7.94. The Morgan fingerprint density at radius 3 is 2.58 bits per heavy atom. The Balaban J connectivity index is 2.26. The van der Waals surface area contributed by atoms with Crippen LogP contribution in [-0.2, 0) is 10.0 Å². The van der Waals surface area contributed by atoms with Gasteiger partial charge in [-0.3, -0.25) is 10.1 Å². The standard InChI is InChI=1S/C15H23N3O5S/c1-23-14-9-12(18(19)20)7-8-15(14)24(21,22)17-13(10-16)11-5-3-2-4-6-11/h7-9,11,13,17H,2-6,10,16H2,1H3. The third-order valence-electron chi connectivity index (χ3n) is 4.43. The Hall–Kier alpha value is -1.71. The largest absolute Gasteiger partial charge is 0.495 e. The van der Waals surface area contributed by atoms with Gasteiger partial charge in [-0.25, -0.2) is 13.1 Å². The van der Waals surface area contributed by atoms with Crippen LogP contribution in [0.5, 0.6) is 5.75 Å². The number of methoxy groups -OCH3 is 1. The average molecular weight is 357 g/mol. The Bertz CT molecular complexity index is 686. The summed E-state index contributed by atoms with van der Waals surface area (Å²) in [6.45, 7) is 0.208. The van der Waals surface area contributed by atoms with Crippen molar-refractivity contribution in [3.05, 3.63) is 28.3 Å². The van der Waals surface area contributed by atoms with Crippen LogP contribution in [0.15, 0.2) is 23.1 Å². The topological polar surface area (TPSA) is 125 Å². The van der Waals surface area contributed by atoms with E-state index in [9.17, 15) is 18.5 Å². The molecule has 1 aromatic carbocycles. The van der Waals surface area contributed by atoms with Crippen LogP contribution >= 0.6 is 0 Å². The quantitative estimate of drug-likeness (QED) is 0.566. The first kappa shape index (κ1) is 18.6. The highest BCUT2D eigenvalue weighted by atomic mass is 32.2. The number of rotatable bonds is 7. The minimum atomic E-state index is -3.88. The van der Waals surface area contributed by atoms with Crippen molar-refractivity contribution >= 4 is 15.7 Å². The molecule has 0 spiro atoms. The molecule has 1 aliphatic carbocycles. The van der Waals surface area contributed by atoms with Gasteiger partial charge in [0.25, 0.3) is 5.69 Å². The van der Waals surface area contributed by atoms with Crippen LogP contribution in [0.4, 0.5) is 5.69 Å². The van der Waals surface area contributed by atoms with Crippen molar-refractivity contribution in [3.8, 4) is 5.75 Å². The monoisotopic (exact) mass is 357 g/mol. The summed E-state index contributed by atoms with van der Waals surface area (Å²) < 4.78 is 33.1. The number of nitro groups is 1. The fourth-order valence-electron chi connectivity index (χ4n) is 3.13. The van der Waals surface area contributed by atoms with Gasteiger partial charge >= 0.3 is 0 Å². The van der Waals surface area contributed by atoms with Gasteiger partial charge in [0, 0.05) is 18.7 Å². The van der Waals surface area contributed by atoms with E-state index in [2.05, 4.69) is 4.72 Å². The molecule has 24 heavy (non-hydrogen) atoms. The van der Waals surface area contributed by atoms with Crippen LogP contribution in [0.3, 0.4) is 0 Å². The van der Waals surface area contributed by atoms with E-state index in [0.29, 0.717) is 0 Å². The van der Waals surface area contributed by atoms with Gasteiger partial charge in [0.1, 0.15) is 10.6 Å². The lowest BCUT2D eigenvalue weighted by Crippen LogP contribution is -2.45. The number of sulfonamides is 1. The average Bonchev–Trinajstić information content (AvgIpc) is 2.59. The molecule has 8 nitrogen and oxygen atoms in total. The van der Waals surface area contributed by atoms with E-state index >= 15 is 0 Å². The lowest BCUT2D eigenvalue weighted by molar-refractivity contribution is -0.385. The van der Waals surface area contributed by atoms with Gasteiger partial charge in [-0.05, 0) is 24.8 Å². The normalized spacial score (nSPS) is 17.4. The van der Waals surface area contributed by atoms with Crippen LogP contribution in [0.25, 0.3) is 0 Å². The van der Waals surface area contributed by atoms with Crippen molar-refractivity contribution in [2.45, 2.75) is 43.0 Å². The maximum absolute atomic E-state index is 12.7. The second-order valence-corrected chi connectivity index (χ2v) is 7.64. The zero-order valence-corrected chi connectivity index (χ0v) is 14.4. The van der Waals surface area contributed by atoms with Crippen LogP contribution in [0.2, 0.25) is 0 Å². The molecule has 0 aromatic heterocycles. The van der Waals surface area contributed by atoms with E-state index in [0.717, 1.165) is 44.2 Å². The summed E-state index contributed by atoms with van der Waals surface area (Å²) in [5, 5.41) is 10.8. The maximum atomic E-state index is 12.7. The number of hydrogen-bond acceptors (Lipinski definition) is 6. The highest BCUT2D eigenvalue weighted by Gasteiger charge is 2.29. The third-order valence-corrected chi connectivity index (χ3v) is 5.96. The molecule has 9 heteroatoms. The molecule has 1 fully saturated rings. The van der Waals surface area contributed by atoms with E-state index in [-0.39, 0.29) is 34.8 Å². The summed E-state index contributed by atoms with van der Waals surface area (Å²) in [5.41, 5.74) is 5.55. The van der Waals surface area contributed by atoms with Gasteiger partial charge in [0.15, 0.2) is 0 Å². The van der Waals surface area contributed by atoms with Crippen molar-refractivity contribution in [2.24, 2.45) is 11.7 Å². The number of ether oxygens (including phenoxy) is 1. The predicted molar refractivity (Wildman–Crippen MR) is 89.4 cm³/mol. The Labute approximate surface area is 141 Å². The van der Waals surface area contributed by atoms with Crippen LogP contribution < -0.4 is 15.2 Å². The van der Waals surface area contributed by atoms with E-state index in [4.69, 9.17) is 10.5 Å². The maximum Gasteiger partial charge on any atom is 0.273 e. The number of non-ortho nitro benzene ring substituents is 1. The zero-order valence-electron chi connectivity index (χ0n) is 13.6. The predicted octanol–water partition coefficient (Wildman–Crippen LogP) is 1.79. The highest BCUT2D eigenvalue weighted by molar-refractivity contribution is 7.89. The fourth-order valence-corrected chi connectivity index (χ4v) is 4.60. The van der Waals surface area contributed by atoms with Crippen molar-refractivity contribution in [1.82, 2.24) is 4.72 Å². The van der Waals surface area contributed by atoms with Gasteiger partial charge in [0.2, 0.25) is 10.0 Å². The molecule has 134 valence electrons. The molecular weight excluding hydrogens is 334 g/mol. The minimum Gasteiger partial charge on any atom is -0.495 e. The lowest BCUT2D eigenvalue weighted by Gasteiger charge is -2.30. The summed E-state index contributed by atoms with van der Waals surface area (Å²) in [6.07, 6.45) is 5.20. The number of benzene rings is 1. The lowest BCUT2D eigenvalue weighted by atomic mass is 9.84. The Morgan fingerprint density at radius 1 is 1.38 bits per heavy atom. The smallest absolute Gasteiger partial charge is 0.273 e. The fraction of sp³-hybridized carbons (Fsp3) is 0.600. The van der Waals surface area contributed by atoms with Gasteiger partial charge in [0.05, 0.1) is 18.1 Å². The summed E-state index contributed by atoms with van der Waals surface area (Å²) in [6, 6.07) is 3.09. The van der Waals surface area contributed by atoms with Crippen molar-refractivity contribution < 1.29 is 18.1 Å². The second-order valence-electron chi connectivity index (χ2n) is 5.95. The zero-order chi connectivity index (χ0) is 17.7. The van der Waals surface area contributed by atoms with Gasteiger partial charge < -0.3 is 10.5 Å². The second kappa shape index (κ2) is 7.91. The van der Waals surface area contributed by atoms with Crippen molar-refractivity contribution in [3.63, 3.8) is 0 Å². The number of nitrogens with one attached hydrogen (secondary N) is 1. The molecule has 1 aliphatic rings. The Kier molecular flexibility index (Phi) is 6.14. The molecular formula is C15H23N3O5S. The molecule has 3 N–H and O–H groups in total. The molecule has 0 aliphatic heterocycles. The van der Waals surface area contributed by atoms with Crippen LogP contribution in [0.1, 0.15) is 32.1 Å². The third kappa shape index (κ3) is 4.22. The molecule has 1 aromatic rings. The van der Waals surface area contributed by atoms with Crippen LogP contribution in [0, 0.1) is 16.0 Å². The van der Waals surface area contributed by atoms with E-state index in [1.54, 1.807) is 0 Å². The van der Waals surface area contributed by atoms with Gasteiger partial charge in [-0.1, -0.05) is 19.3 Å². The first-order valence-corrected chi connectivity index (χ1v) is 9.42. The molecule has 1 atom stereocenters. The van der Waals surface area contributed by atoms with Gasteiger partial charge in [-0.2, -0.15) is 0 Å². The van der Waals surface area contributed by atoms with Gasteiger partial charge in [-0.15, -0.1) is 0 Å². The minimum absolute atomic E-state index is 0.0592. The molecule has 0 bridgehead atoms. The SMILES string of the molecule is COc1cc([N+](=O)[O-])ccc1S(=O)(=O)NC(CN)C1CCCCC1. The van der Waals surface area contributed by atoms with Crippen molar-refractivity contribution in [2.75, 3.05) is 13.7 Å². The molecule has 0 heterocycles. The van der Waals surface area contributed by atoms with E-state index in [1.807, 2.05) is 0 Å². The van der Waals surface area contributed by atoms with E-state index in [1.165, 1.54) is 13.2 Å². The Morgan fingerprint density at radius 2 is 2.04 bits per heavy atom. The molecule has 0 radical (unpaired) electrons. The van der Waals surface area contributed by atoms with Crippen molar-refractivity contribution in [1.29, 1.82) is 0 Å². The first-order chi connectivity index (χ1) is 11.4.